The van der Waals surface area contributed by atoms with E-state index in [2.05, 4.69) is 16.4 Å². The number of hydrogen-bond acceptors (Lipinski definition) is 3. The van der Waals surface area contributed by atoms with Crippen LogP contribution in [-0.2, 0) is 6.54 Å². The maximum absolute atomic E-state index is 12.4. The van der Waals surface area contributed by atoms with E-state index in [-0.39, 0.29) is 11.9 Å². The van der Waals surface area contributed by atoms with Gasteiger partial charge in [0.1, 0.15) is 0 Å². The minimum absolute atomic E-state index is 0.168. The van der Waals surface area contributed by atoms with Gasteiger partial charge in [0, 0.05) is 30.0 Å². The second-order valence-corrected chi connectivity index (χ2v) is 5.48. The van der Waals surface area contributed by atoms with Crippen molar-refractivity contribution < 1.29 is 9.90 Å². The number of piperidine rings is 1. The summed E-state index contributed by atoms with van der Waals surface area (Å²) in [6, 6.07) is 1.99. The fourth-order valence-electron chi connectivity index (χ4n) is 3.03. The first-order valence-corrected chi connectivity index (χ1v) is 7.13. The molecule has 0 amide bonds. The monoisotopic (exact) mass is 264 g/mol. The van der Waals surface area contributed by atoms with Crippen molar-refractivity contribution in [2.75, 3.05) is 19.6 Å². The van der Waals surface area contributed by atoms with Crippen molar-refractivity contribution in [2.24, 2.45) is 0 Å². The highest BCUT2D eigenvalue weighted by Gasteiger charge is 2.22. The Bertz CT molecular complexity index is 465. The van der Waals surface area contributed by atoms with Gasteiger partial charge < -0.3 is 9.67 Å². The summed E-state index contributed by atoms with van der Waals surface area (Å²) < 4.78 is 2.16. The number of nitrogens with zero attached hydrogens (tertiary/aromatic N) is 2. The van der Waals surface area contributed by atoms with E-state index in [0.29, 0.717) is 13.1 Å². The number of likely N-dealkylation sites (tertiary alicyclic amines) is 1. The van der Waals surface area contributed by atoms with Crippen LogP contribution in [0.1, 0.15) is 41.5 Å². The van der Waals surface area contributed by atoms with E-state index in [9.17, 15) is 9.90 Å². The molecule has 1 aliphatic heterocycles. The van der Waals surface area contributed by atoms with Crippen molar-refractivity contribution >= 4 is 5.78 Å². The number of β-amino-alcohol motifs (C(OH)–C–C–N with tert-alkyl or cyclic N) is 1. The lowest BCUT2D eigenvalue weighted by Gasteiger charge is -2.29. The number of hydrogen-bond donors (Lipinski definition) is 1. The van der Waals surface area contributed by atoms with E-state index < -0.39 is 0 Å². The average Bonchev–Trinajstić information content (AvgIpc) is 2.64. The summed E-state index contributed by atoms with van der Waals surface area (Å²) in [5.41, 5.74) is 3.03. The zero-order chi connectivity index (χ0) is 14.0. The Kier molecular flexibility index (Phi) is 4.42. The van der Waals surface area contributed by atoms with Gasteiger partial charge in [-0.3, -0.25) is 9.69 Å². The van der Waals surface area contributed by atoms with Crippen LogP contribution in [0.25, 0.3) is 0 Å². The fraction of sp³-hybridized carbons (Fsp3) is 0.667. The molecule has 1 aromatic heterocycles. The minimum atomic E-state index is -0.273. The molecule has 106 valence electrons. The van der Waals surface area contributed by atoms with Gasteiger partial charge in [0.2, 0.25) is 0 Å². The number of aliphatic hydroxyl groups excluding tert-OH is 1. The van der Waals surface area contributed by atoms with Crippen LogP contribution >= 0.6 is 0 Å². The third-order valence-corrected chi connectivity index (χ3v) is 4.04. The lowest BCUT2D eigenvalue weighted by atomic mass is 10.1. The first-order valence-electron chi connectivity index (χ1n) is 7.13. The highest BCUT2D eigenvalue weighted by molar-refractivity contribution is 5.99. The molecular weight excluding hydrogens is 240 g/mol. The molecule has 0 bridgehead atoms. The predicted octanol–water partition coefficient (Wildman–Crippen LogP) is 1.76. The summed E-state index contributed by atoms with van der Waals surface area (Å²) in [5, 5.41) is 9.65. The molecule has 2 rings (SSSR count). The summed E-state index contributed by atoms with van der Waals surface area (Å²) in [6.07, 6.45) is 1.56. The number of carbonyl (C=O) groups excluding carboxylic acids is 1. The molecule has 1 aliphatic rings. The van der Waals surface area contributed by atoms with Gasteiger partial charge >= 0.3 is 0 Å². The second kappa shape index (κ2) is 5.88. The number of aromatic nitrogens is 1. The first kappa shape index (κ1) is 14.3. The molecule has 0 aliphatic carbocycles. The number of aryl methyl sites for hydroxylation is 1. The van der Waals surface area contributed by atoms with E-state index in [1.807, 2.05) is 19.9 Å². The molecular formula is C15H24N2O2. The molecule has 4 heteroatoms. The fourth-order valence-corrected chi connectivity index (χ4v) is 3.03. The van der Waals surface area contributed by atoms with Crippen LogP contribution in [0, 0.1) is 13.8 Å². The molecule has 0 radical (unpaired) electrons. The Morgan fingerprint density at radius 2 is 2.21 bits per heavy atom. The van der Waals surface area contributed by atoms with Gasteiger partial charge in [0.15, 0.2) is 5.78 Å². The molecule has 2 heterocycles. The molecule has 1 saturated heterocycles. The van der Waals surface area contributed by atoms with Gasteiger partial charge in [-0.25, -0.2) is 0 Å². The van der Waals surface area contributed by atoms with Crippen molar-refractivity contribution in [3.05, 3.63) is 23.0 Å². The number of Topliss-reactive ketones (excluding diaryl/α,β-unsaturated/α-hetero) is 1. The molecule has 0 aromatic carbocycles. The lowest BCUT2D eigenvalue weighted by Crippen LogP contribution is -2.41. The van der Waals surface area contributed by atoms with Crippen molar-refractivity contribution in [3.63, 3.8) is 0 Å². The molecule has 4 nitrogen and oxygen atoms in total. The average molecular weight is 264 g/mol. The Morgan fingerprint density at radius 1 is 1.47 bits per heavy atom. The van der Waals surface area contributed by atoms with Crippen LogP contribution in [0.4, 0.5) is 0 Å². The van der Waals surface area contributed by atoms with Gasteiger partial charge in [-0.2, -0.15) is 0 Å². The standard InChI is InChI=1S/C15H24N2O2/c1-4-17-11(2)8-14(12(17)3)15(19)10-16-7-5-6-13(18)9-16/h8,13,18H,4-7,9-10H2,1-3H3. The topological polar surface area (TPSA) is 45.5 Å². The van der Waals surface area contributed by atoms with Crippen molar-refractivity contribution in [3.8, 4) is 0 Å². The van der Waals surface area contributed by atoms with E-state index in [1.54, 1.807) is 0 Å². The Balaban J connectivity index is 2.07. The van der Waals surface area contributed by atoms with Crippen LogP contribution < -0.4 is 0 Å². The summed E-state index contributed by atoms with van der Waals surface area (Å²) >= 11 is 0. The normalized spacial score (nSPS) is 20.7. The Hall–Kier alpha value is -1.13. The predicted molar refractivity (Wildman–Crippen MR) is 75.6 cm³/mol. The largest absolute Gasteiger partial charge is 0.392 e. The van der Waals surface area contributed by atoms with Crippen LogP contribution in [0.2, 0.25) is 0 Å². The summed E-state index contributed by atoms with van der Waals surface area (Å²) in [4.78, 5) is 14.4. The van der Waals surface area contributed by atoms with Gasteiger partial charge in [-0.1, -0.05) is 0 Å². The van der Waals surface area contributed by atoms with Gasteiger partial charge in [0.05, 0.1) is 12.6 Å². The zero-order valence-corrected chi connectivity index (χ0v) is 12.1. The molecule has 1 atom stereocenters. The number of carbonyl (C=O) groups is 1. The van der Waals surface area contributed by atoms with Crippen LogP contribution in [0.3, 0.4) is 0 Å². The van der Waals surface area contributed by atoms with Crippen molar-refractivity contribution in [1.82, 2.24) is 9.47 Å². The van der Waals surface area contributed by atoms with Crippen molar-refractivity contribution in [2.45, 2.75) is 46.3 Å². The van der Waals surface area contributed by atoms with Crippen molar-refractivity contribution in [1.29, 1.82) is 0 Å². The number of ketones is 1. The highest BCUT2D eigenvalue weighted by Crippen LogP contribution is 2.17. The quantitative estimate of drug-likeness (QED) is 0.843. The third-order valence-electron chi connectivity index (χ3n) is 4.04. The van der Waals surface area contributed by atoms with Gasteiger partial charge in [-0.15, -0.1) is 0 Å². The highest BCUT2D eigenvalue weighted by atomic mass is 16.3. The maximum Gasteiger partial charge on any atom is 0.178 e. The Labute approximate surface area is 115 Å². The molecule has 1 aromatic rings. The molecule has 0 spiro atoms. The van der Waals surface area contributed by atoms with E-state index >= 15 is 0 Å². The third kappa shape index (κ3) is 3.07. The van der Waals surface area contributed by atoms with Gasteiger partial charge in [-0.05, 0) is 46.2 Å². The lowest BCUT2D eigenvalue weighted by molar-refractivity contribution is 0.0634. The molecule has 19 heavy (non-hydrogen) atoms. The number of aliphatic hydroxyl groups is 1. The second-order valence-electron chi connectivity index (χ2n) is 5.48. The Morgan fingerprint density at radius 3 is 2.79 bits per heavy atom. The molecule has 1 fully saturated rings. The van der Waals surface area contributed by atoms with Gasteiger partial charge in [0.25, 0.3) is 0 Å². The summed E-state index contributed by atoms with van der Waals surface area (Å²) in [7, 11) is 0. The zero-order valence-electron chi connectivity index (χ0n) is 12.1. The summed E-state index contributed by atoms with van der Waals surface area (Å²) in [5.74, 6) is 0.168. The molecule has 1 unspecified atom stereocenters. The minimum Gasteiger partial charge on any atom is -0.392 e. The van der Waals surface area contributed by atoms with Crippen LogP contribution in [0.15, 0.2) is 6.07 Å². The molecule has 1 N–H and O–H groups in total. The smallest absolute Gasteiger partial charge is 0.178 e. The first-order chi connectivity index (χ1) is 9.02. The number of rotatable bonds is 4. The maximum atomic E-state index is 12.4. The van der Waals surface area contributed by atoms with Crippen LogP contribution in [0.5, 0.6) is 0 Å². The van der Waals surface area contributed by atoms with E-state index in [0.717, 1.165) is 42.9 Å². The van der Waals surface area contributed by atoms with Crippen LogP contribution in [-0.4, -0.2) is 46.1 Å². The SMILES string of the molecule is CCn1c(C)cc(C(=O)CN2CCCC(O)C2)c1C. The van der Waals surface area contributed by atoms with E-state index in [1.165, 1.54) is 0 Å². The van der Waals surface area contributed by atoms with E-state index in [4.69, 9.17) is 0 Å². The molecule has 0 saturated carbocycles. The summed E-state index contributed by atoms with van der Waals surface area (Å²) in [6.45, 7) is 8.99.